The molecule has 2 heterocycles. The fourth-order valence-electron chi connectivity index (χ4n) is 2.92. The maximum Gasteiger partial charge on any atom is 0.290 e. The van der Waals surface area contributed by atoms with E-state index in [1.165, 1.54) is 24.8 Å². The average molecular weight is 398 g/mol. The van der Waals surface area contributed by atoms with Crippen LogP contribution in [0.15, 0.2) is 41.6 Å². The van der Waals surface area contributed by atoms with Crippen LogP contribution in [0.25, 0.3) is 0 Å². The van der Waals surface area contributed by atoms with Gasteiger partial charge < -0.3 is 10.2 Å². The summed E-state index contributed by atoms with van der Waals surface area (Å²) in [6.45, 7) is 1.94. The third kappa shape index (κ3) is 4.65. The third-order valence-corrected chi connectivity index (χ3v) is 5.15. The molecule has 2 aromatic rings. The van der Waals surface area contributed by atoms with Crippen LogP contribution in [-0.2, 0) is 0 Å². The van der Waals surface area contributed by atoms with E-state index < -0.39 is 11.7 Å². The molecule has 1 fully saturated rings. The summed E-state index contributed by atoms with van der Waals surface area (Å²) in [4.78, 5) is 18.5. The van der Waals surface area contributed by atoms with Gasteiger partial charge in [0.25, 0.3) is 11.7 Å². The van der Waals surface area contributed by atoms with E-state index in [2.05, 4.69) is 15.2 Å². The molecule has 0 saturated carbocycles. The lowest BCUT2D eigenvalue weighted by molar-refractivity contribution is 0.102. The minimum Gasteiger partial charge on any atom is -0.370 e. The monoisotopic (exact) mass is 397 g/mol. The Bertz CT molecular complexity index is 785. The van der Waals surface area contributed by atoms with E-state index in [1.807, 2.05) is 6.07 Å². The number of hydrogen-bond donors (Lipinski definition) is 1. The number of nitrogens with one attached hydrogen (secondary N) is 1. The molecule has 0 radical (unpaired) electrons. The number of carbonyl (C=O) groups is 1. The standard InChI is InChI=1S/C18H18ClF2N3OS/c19-14-11-12(6-7-15(14)24-9-2-1-3-10-24)23-16(25)13-5-4-8-22-17(13)26-18(20)21/h4-8,11,18H,1-3,9-10H2,(H,23,25). The van der Waals surface area contributed by atoms with Crippen molar-refractivity contribution in [3.8, 4) is 0 Å². The van der Waals surface area contributed by atoms with E-state index in [-0.39, 0.29) is 22.4 Å². The number of amides is 1. The predicted octanol–water partition coefficient (Wildman–Crippen LogP) is 5.29. The van der Waals surface area contributed by atoms with Gasteiger partial charge in [-0.15, -0.1) is 0 Å². The average Bonchev–Trinajstić information content (AvgIpc) is 2.62. The fraction of sp³-hybridized carbons (Fsp3) is 0.333. The second kappa shape index (κ2) is 8.68. The van der Waals surface area contributed by atoms with Crippen molar-refractivity contribution in [1.82, 2.24) is 4.98 Å². The molecule has 3 rings (SSSR count). The van der Waals surface area contributed by atoms with Crippen molar-refractivity contribution in [3.05, 3.63) is 47.1 Å². The Labute approximate surface area is 159 Å². The van der Waals surface area contributed by atoms with E-state index in [4.69, 9.17) is 11.6 Å². The molecule has 1 amide bonds. The van der Waals surface area contributed by atoms with Crippen molar-refractivity contribution in [2.75, 3.05) is 23.3 Å². The highest BCUT2D eigenvalue weighted by Gasteiger charge is 2.18. The molecule has 0 atom stereocenters. The first-order valence-corrected chi connectivity index (χ1v) is 9.56. The van der Waals surface area contributed by atoms with Crippen LogP contribution >= 0.6 is 23.4 Å². The number of alkyl halides is 2. The van der Waals surface area contributed by atoms with Crippen LogP contribution in [0, 0.1) is 0 Å². The van der Waals surface area contributed by atoms with E-state index >= 15 is 0 Å². The Hall–Kier alpha value is -1.86. The van der Waals surface area contributed by atoms with Crippen LogP contribution in [-0.4, -0.2) is 29.7 Å². The Morgan fingerprint density at radius 3 is 2.69 bits per heavy atom. The molecule has 0 aliphatic carbocycles. The normalized spacial score (nSPS) is 14.5. The number of halogens is 3. The number of pyridine rings is 1. The predicted molar refractivity (Wildman–Crippen MR) is 102 cm³/mol. The number of thioether (sulfide) groups is 1. The maximum absolute atomic E-state index is 12.6. The molecule has 4 nitrogen and oxygen atoms in total. The van der Waals surface area contributed by atoms with Crippen molar-refractivity contribution in [2.24, 2.45) is 0 Å². The lowest BCUT2D eigenvalue weighted by atomic mass is 10.1. The lowest BCUT2D eigenvalue weighted by Crippen LogP contribution is -2.29. The molecule has 0 unspecified atom stereocenters. The topological polar surface area (TPSA) is 45.2 Å². The number of nitrogens with zero attached hydrogens (tertiary/aromatic N) is 2. The van der Waals surface area contributed by atoms with Crippen molar-refractivity contribution in [1.29, 1.82) is 0 Å². The van der Waals surface area contributed by atoms with Crippen LogP contribution < -0.4 is 10.2 Å². The fourth-order valence-corrected chi connectivity index (χ4v) is 3.79. The van der Waals surface area contributed by atoms with E-state index in [1.54, 1.807) is 12.1 Å². The smallest absolute Gasteiger partial charge is 0.290 e. The highest BCUT2D eigenvalue weighted by Crippen LogP contribution is 2.31. The van der Waals surface area contributed by atoms with E-state index in [9.17, 15) is 13.6 Å². The third-order valence-electron chi connectivity index (χ3n) is 4.12. The Kier molecular flexibility index (Phi) is 6.32. The molecule has 1 aromatic carbocycles. The molecular formula is C18H18ClF2N3OS. The van der Waals surface area contributed by atoms with Crippen molar-refractivity contribution >= 4 is 40.6 Å². The number of anilines is 2. The van der Waals surface area contributed by atoms with Gasteiger partial charge in [0, 0.05) is 25.0 Å². The van der Waals surface area contributed by atoms with Crippen LogP contribution in [0.2, 0.25) is 5.02 Å². The first-order valence-electron chi connectivity index (χ1n) is 8.30. The highest BCUT2D eigenvalue weighted by molar-refractivity contribution is 7.99. The number of aromatic nitrogens is 1. The number of piperidine rings is 1. The van der Waals surface area contributed by atoms with Gasteiger partial charge in [-0.2, -0.15) is 8.78 Å². The van der Waals surface area contributed by atoms with Gasteiger partial charge in [0.2, 0.25) is 0 Å². The highest BCUT2D eigenvalue weighted by atomic mass is 35.5. The second-order valence-corrected chi connectivity index (χ2v) is 7.29. The Morgan fingerprint density at radius 1 is 1.23 bits per heavy atom. The summed E-state index contributed by atoms with van der Waals surface area (Å²) in [5.74, 6) is -3.14. The minimum atomic E-state index is -2.64. The van der Waals surface area contributed by atoms with Gasteiger partial charge in [0.1, 0.15) is 5.03 Å². The summed E-state index contributed by atoms with van der Waals surface area (Å²) in [6, 6.07) is 8.33. The molecular weight excluding hydrogens is 380 g/mol. The Balaban J connectivity index is 1.75. The summed E-state index contributed by atoms with van der Waals surface area (Å²) < 4.78 is 25.3. The number of benzene rings is 1. The van der Waals surface area contributed by atoms with Gasteiger partial charge in [0.15, 0.2) is 0 Å². The largest absolute Gasteiger partial charge is 0.370 e. The zero-order valence-electron chi connectivity index (χ0n) is 13.9. The number of hydrogen-bond acceptors (Lipinski definition) is 4. The van der Waals surface area contributed by atoms with Gasteiger partial charge in [0.05, 0.1) is 16.3 Å². The van der Waals surface area contributed by atoms with Gasteiger partial charge in [-0.1, -0.05) is 11.6 Å². The first kappa shape index (κ1) is 18.9. The van der Waals surface area contributed by atoms with Gasteiger partial charge >= 0.3 is 0 Å². The van der Waals surface area contributed by atoms with Crippen LogP contribution in [0.1, 0.15) is 29.6 Å². The summed E-state index contributed by atoms with van der Waals surface area (Å²) >= 11 is 6.63. The molecule has 1 aliphatic rings. The SMILES string of the molecule is O=C(Nc1ccc(N2CCCCC2)c(Cl)c1)c1cccnc1SC(F)F. The molecule has 8 heteroatoms. The summed E-state index contributed by atoms with van der Waals surface area (Å²) in [6.07, 6.45) is 4.89. The zero-order chi connectivity index (χ0) is 18.5. The van der Waals surface area contributed by atoms with Crippen molar-refractivity contribution < 1.29 is 13.6 Å². The maximum atomic E-state index is 12.6. The Morgan fingerprint density at radius 2 is 2.00 bits per heavy atom. The quantitative estimate of drug-likeness (QED) is 0.696. The summed E-state index contributed by atoms with van der Waals surface area (Å²) in [5.41, 5.74) is 1.56. The van der Waals surface area contributed by atoms with Gasteiger partial charge in [-0.05, 0) is 61.4 Å². The first-order chi connectivity index (χ1) is 12.5. The van der Waals surface area contributed by atoms with Gasteiger partial charge in [-0.3, -0.25) is 4.79 Å². The molecule has 1 aliphatic heterocycles. The molecule has 138 valence electrons. The van der Waals surface area contributed by atoms with Gasteiger partial charge in [-0.25, -0.2) is 4.98 Å². The molecule has 1 aromatic heterocycles. The zero-order valence-corrected chi connectivity index (χ0v) is 15.5. The van der Waals surface area contributed by atoms with Crippen molar-refractivity contribution in [2.45, 2.75) is 30.0 Å². The van der Waals surface area contributed by atoms with Crippen molar-refractivity contribution in [3.63, 3.8) is 0 Å². The molecule has 0 bridgehead atoms. The number of rotatable bonds is 5. The minimum absolute atomic E-state index is 0.00367. The summed E-state index contributed by atoms with van der Waals surface area (Å²) in [5, 5.41) is 3.25. The molecule has 1 N–H and O–H groups in total. The number of carbonyl (C=O) groups excluding carboxylic acids is 1. The lowest BCUT2D eigenvalue weighted by Gasteiger charge is -2.29. The van der Waals surface area contributed by atoms with Crippen LogP contribution in [0.4, 0.5) is 20.2 Å². The van der Waals surface area contributed by atoms with Crippen LogP contribution in [0.3, 0.4) is 0 Å². The summed E-state index contributed by atoms with van der Waals surface area (Å²) in [7, 11) is 0. The van der Waals surface area contributed by atoms with E-state index in [0.717, 1.165) is 31.6 Å². The van der Waals surface area contributed by atoms with Crippen LogP contribution in [0.5, 0.6) is 0 Å². The molecule has 26 heavy (non-hydrogen) atoms. The van der Waals surface area contributed by atoms with E-state index in [0.29, 0.717) is 10.7 Å². The molecule has 1 saturated heterocycles. The molecule has 0 spiro atoms. The second-order valence-electron chi connectivity index (χ2n) is 5.90.